The standard InChI is InChI=1S/C10H13ClN2O2/c11-9-3-1-7(12)8(13-9)2-4-10-14-5-6-15-10/h1,3,10H,2,4-6,12H2. The molecule has 1 aromatic rings. The number of halogens is 1. The molecular weight excluding hydrogens is 216 g/mol. The summed E-state index contributed by atoms with van der Waals surface area (Å²) in [6, 6.07) is 3.45. The van der Waals surface area contributed by atoms with Gasteiger partial charge in [-0.2, -0.15) is 0 Å². The molecule has 5 heteroatoms. The Hall–Kier alpha value is -0.840. The second-order valence-corrected chi connectivity index (χ2v) is 3.77. The highest BCUT2D eigenvalue weighted by molar-refractivity contribution is 6.29. The molecule has 4 nitrogen and oxygen atoms in total. The van der Waals surface area contributed by atoms with Crippen LogP contribution in [0.15, 0.2) is 12.1 Å². The first-order chi connectivity index (χ1) is 7.25. The lowest BCUT2D eigenvalue weighted by Gasteiger charge is -2.09. The van der Waals surface area contributed by atoms with Crippen LogP contribution in [0.2, 0.25) is 5.15 Å². The maximum absolute atomic E-state index is 5.78. The summed E-state index contributed by atoms with van der Waals surface area (Å²) in [7, 11) is 0. The lowest BCUT2D eigenvalue weighted by Crippen LogP contribution is -2.10. The number of nitrogen functional groups attached to an aromatic ring is 1. The van der Waals surface area contributed by atoms with Gasteiger partial charge in [-0.1, -0.05) is 11.6 Å². The van der Waals surface area contributed by atoms with Gasteiger partial charge in [0, 0.05) is 6.42 Å². The molecule has 1 saturated heterocycles. The number of hydrogen-bond donors (Lipinski definition) is 1. The van der Waals surface area contributed by atoms with Gasteiger partial charge in [0.2, 0.25) is 0 Å². The van der Waals surface area contributed by atoms with Gasteiger partial charge in [-0.25, -0.2) is 4.98 Å². The Bertz CT molecular complexity index is 340. The summed E-state index contributed by atoms with van der Waals surface area (Å²) < 4.78 is 10.6. The Balaban J connectivity index is 1.94. The third kappa shape index (κ3) is 2.81. The molecule has 0 saturated carbocycles. The number of hydrogen-bond acceptors (Lipinski definition) is 4. The largest absolute Gasteiger partial charge is 0.397 e. The summed E-state index contributed by atoms with van der Waals surface area (Å²) in [5.41, 5.74) is 7.24. The van der Waals surface area contributed by atoms with E-state index in [-0.39, 0.29) is 6.29 Å². The molecule has 1 aliphatic rings. The van der Waals surface area contributed by atoms with Crippen LogP contribution >= 0.6 is 11.6 Å². The Kier molecular flexibility index (Phi) is 3.41. The quantitative estimate of drug-likeness (QED) is 0.799. The fraction of sp³-hybridized carbons (Fsp3) is 0.500. The number of anilines is 1. The molecule has 2 N–H and O–H groups in total. The maximum atomic E-state index is 5.78. The van der Waals surface area contributed by atoms with Gasteiger partial charge >= 0.3 is 0 Å². The summed E-state index contributed by atoms with van der Waals surface area (Å²) in [6.07, 6.45) is 1.36. The van der Waals surface area contributed by atoms with Gasteiger partial charge in [-0.3, -0.25) is 0 Å². The number of nitrogens with zero attached hydrogens (tertiary/aromatic N) is 1. The van der Waals surface area contributed by atoms with Crippen molar-refractivity contribution in [1.29, 1.82) is 0 Å². The minimum Gasteiger partial charge on any atom is -0.397 e. The van der Waals surface area contributed by atoms with Crippen molar-refractivity contribution in [3.8, 4) is 0 Å². The fourth-order valence-electron chi connectivity index (χ4n) is 1.51. The van der Waals surface area contributed by atoms with Crippen LogP contribution in [0.25, 0.3) is 0 Å². The monoisotopic (exact) mass is 228 g/mol. The van der Waals surface area contributed by atoms with Crippen molar-refractivity contribution in [3.63, 3.8) is 0 Å². The molecule has 0 spiro atoms. The first kappa shape index (κ1) is 10.7. The Morgan fingerprint density at radius 3 is 2.87 bits per heavy atom. The number of aromatic nitrogens is 1. The van der Waals surface area contributed by atoms with Crippen LogP contribution in [0.5, 0.6) is 0 Å². The van der Waals surface area contributed by atoms with E-state index in [1.807, 2.05) is 0 Å². The van der Waals surface area contributed by atoms with Crippen LogP contribution in [-0.4, -0.2) is 24.5 Å². The van der Waals surface area contributed by atoms with Crippen molar-refractivity contribution in [2.24, 2.45) is 0 Å². The number of ether oxygens (including phenoxy) is 2. The summed E-state index contributed by atoms with van der Waals surface area (Å²) in [5.74, 6) is 0. The molecule has 0 bridgehead atoms. The average Bonchev–Trinajstić information content (AvgIpc) is 2.72. The molecular formula is C10H13ClN2O2. The van der Waals surface area contributed by atoms with E-state index in [4.69, 9.17) is 26.8 Å². The van der Waals surface area contributed by atoms with Crippen LogP contribution in [0, 0.1) is 0 Å². The normalized spacial score (nSPS) is 17.1. The van der Waals surface area contributed by atoms with Crippen LogP contribution in [0.4, 0.5) is 5.69 Å². The Morgan fingerprint density at radius 2 is 2.13 bits per heavy atom. The second-order valence-electron chi connectivity index (χ2n) is 3.38. The highest BCUT2D eigenvalue weighted by Crippen LogP contribution is 2.17. The van der Waals surface area contributed by atoms with Crippen LogP contribution in [0.3, 0.4) is 0 Å². The van der Waals surface area contributed by atoms with Crippen molar-refractivity contribution in [2.75, 3.05) is 18.9 Å². The first-order valence-corrected chi connectivity index (χ1v) is 5.27. The zero-order valence-corrected chi connectivity index (χ0v) is 9.04. The molecule has 0 unspecified atom stereocenters. The molecule has 0 radical (unpaired) electrons. The van der Waals surface area contributed by atoms with Gasteiger partial charge < -0.3 is 15.2 Å². The van der Waals surface area contributed by atoms with E-state index in [9.17, 15) is 0 Å². The summed E-state index contributed by atoms with van der Waals surface area (Å²) >= 11 is 5.78. The Labute approximate surface area is 93.3 Å². The van der Waals surface area contributed by atoms with Crippen molar-refractivity contribution >= 4 is 17.3 Å². The third-order valence-corrected chi connectivity index (χ3v) is 2.49. The van der Waals surface area contributed by atoms with Crippen LogP contribution < -0.4 is 5.73 Å². The first-order valence-electron chi connectivity index (χ1n) is 4.90. The number of aryl methyl sites for hydroxylation is 1. The van der Waals surface area contributed by atoms with Crippen molar-refractivity contribution in [2.45, 2.75) is 19.1 Å². The van der Waals surface area contributed by atoms with Crippen LogP contribution in [0.1, 0.15) is 12.1 Å². The lowest BCUT2D eigenvalue weighted by atomic mass is 10.2. The van der Waals surface area contributed by atoms with Gasteiger partial charge in [-0.15, -0.1) is 0 Å². The number of nitrogens with two attached hydrogens (primary N) is 1. The second kappa shape index (κ2) is 4.79. The summed E-state index contributed by atoms with van der Waals surface area (Å²) in [5, 5.41) is 0.465. The van der Waals surface area contributed by atoms with Gasteiger partial charge in [0.25, 0.3) is 0 Å². The van der Waals surface area contributed by atoms with E-state index in [1.165, 1.54) is 0 Å². The topological polar surface area (TPSA) is 57.4 Å². The highest BCUT2D eigenvalue weighted by atomic mass is 35.5. The van der Waals surface area contributed by atoms with Crippen molar-refractivity contribution in [1.82, 2.24) is 4.98 Å². The molecule has 1 aliphatic heterocycles. The molecule has 0 amide bonds. The summed E-state index contributed by atoms with van der Waals surface area (Å²) in [6.45, 7) is 1.34. The van der Waals surface area contributed by atoms with E-state index in [2.05, 4.69) is 4.98 Å². The predicted molar refractivity (Wildman–Crippen MR) is 57.7 cm³/mol. The number of pyridine rings is 1. The van der Waals surface area contributed by atoms with E-state index in [0.29, 0.717) is 24.1 Å². The van der Waals surface area contributed by atoms with Gasteiger partial charge in [0.15, 0.2) is 6.29 Å². The zero-order valence-electron chi connectivity index (χ0n) is 8.28. The average molecular weight is 229 g/mol. The molecule has 0 aliphatic carbocycles. The minimum absolute atomic E-state index is 0.120. The molecule has 15 heavy (non-hydrogen) atoms. The molecule has 0 aromatic carbocycles. The Morgan fingerprint density at radius 1 is 1.40 bits per heavy atom. The molecule has 1 fully saturated rings. The SMILES string of the molecule is Nc1ccc(Cl)nc1CCC1OCCO1. The minimum atomic E-state index is -0.120. The van der Waals surface area contributed by atoms with Crippen molar-refractivity contribution in [3.05, 3.63) is 23.0 Å². The third-order valence-electron chi connectivity index (χ3n) is 2.28. The van der Waals surface area contributed by atoms with E-state index < -0.39 is 0 Å². The molecule has 1 aromatic heterocycles. The van der Waals surface area contributed by atoms with Gasteiger partial charge in [0.05, 0.1) is 24.6 Å². The fourth-order valence-corrected chi connectivity index (χ4v) is 1.68. The van der Waals surface area contributed by atoms with E-state index in [1.54, 1.807) is 12.1 Å². The van der Waals surface area contributed by atoms with Crippen molar-refractivity contribution < 1.29 is 9.47 Å². The van der Waals surface area contributed by atoms with E-state index in [0.717, 1.165) is 18.5 Å². The molecule has 0 atom stereocenters. The van der Waals surface area contributed by atoms with Gasteiger partial charge in [-0.05, 0) is 18.6 Å². The highest BCUT2D eigenvalue weighted by Gasteiger charge is 2.16. The van der Waals surface area contributed by atoms with E-state index >= 15 is 0 Å². The predicted octanol–water partition coefficient (Wildman–Crippen LogP) is 1.62. The van der Waals surface area contributed by atoms with Gasteiger partial charge in [0.1, 0.15) is 5.15 Å². The lowest BCUT2D eigenvalue weighted by molar-refractivity contribution is -0.0463. The zero-order chi connectivity index (χ0) is 10.7. The smallest absolute Gasteiger partial charge is 0.158 e. The molecule has 2 heterocycles. The maximum Gasteiger partial charge on any atom is 0.158 e. The number of rotatable bonds is 3. The molecule has 82 valence electrons. The molecule has 2 rings (SSSR count). The van der Waals surface area contributed by atoms with Crippen LogP contribution in [-0.2, 0) is 15.9 Å². The summed E-state index contributed by atoms with van der Waals surface area (Å²) in [4.78, 5) is 4.16.